The third kappa shape index (κ3) is 3.60. The molecule has 0 aliphatic heterocycles. The SMILES string of the molecule is CCNCCc1nnc(-c2ccc(Br)cc2Br)s1. The lowest BCUT2D eigenvalue weighted by molar-refractivity contribution is 0.710. The molecule has 0 bridgehead atoms. The van der Waals surface area contributed by atoms with Gasteiger partial charge in [-0.3, -0.25) is 0 Å². The molecule has 2 aromatic rings. The summed E-state index contributed by atoms with van der Waals surface area (Å²) < 4.78 is 2.08. The summed E-state index contributed by atoms with van der Waals surface area (Å²) in [5.74, 6) is 0. The van der Waals surface area contributed by atoms with Crippen LogP contribution >= 0.6 is 43.2 Å². The lowest BCUT2D eigenvalue weighted by Gasteiger charge is -2.00. The van der Waals surface area contributed by atoms with Crippen LogP contribution in [0.15, 0.2) is 27.1 Å². The minimum Gasteiger partial charge on any atom is -0.317 e. The zero-order valence-electron chi connectivity index (χ0n) is 9.91. The van der Waals surface area contributed by atoms with Crippen molar-refractivity contribution in [3.05, 3.63) is 32.2 Å². The van der Waals surface area contributed by atoms with E-state index in [0.29, 0.717) is 0 Å². The number of hydrogen-bond acceptors (Lipinski definition) is 4. The van der Waals surface area contributed by atoms with Gasteiger partial charge in [-0.2, -0.15) is 0 Å². The lowest BCUT2D eigenvalue weighted by Crippen LogP contribution is -2.15. The van der Waals surface area contributed by atoms with Gasteiger partial charge in [0, 0.05) is 27.5 Å². The molecule has 1 aromatic carbocycles. The van der Waals surface area contributed by atoms with Gasteiger partial charge in [0.25, 0.3) is 0 Å². The van der Waals surface area contributed by atoms with E-state index in [0.717, 1.165) is 44.0 Å². The summed E-state index contributed by atoms with van der Waals surface area (Å²) in [6, 6.07) is 6.08. The molecule has 0 unspecified atom stereocenters. The molecule has 0 aliphatic rings. The van der Waals surface area contributed by atoms with E-state index in [1.54, 1.807) is 11.3 Å². The Bertz CT molecular complexity index is 528. The maximum atomic E-state index is 4.25. The third-order valence-electron chi connectivity index (χ3n) is 2.39. The Morgan fingerprint density at radius 2 is 2.11 bits per heavy atom. The van der Waals surface area contributed by atoms with Crippen LogP contribution in [0.3, 0.4) is 0 Å². The zero-order valence-corrected chi connectivity index (χ0v) is 13.9. The Hall–Kier alpha value is -0.300. The number of aromatic nitrogens is 2. The van der Waals surface area contributed by atoms with Crippen LogP contribution in [0.1, 0.15) is 11.9 Å². The quantitative estimate of drug-likeness (QED) is 0.787. The van der Waals surface area contributed by atoms with Crippen LogP contribution in [0.25, 0.3) is 10.6 Å². The molecule has 0 spiro atoms. The first-order chi connectivity index (χ1) is 8.70. The average molecular weight is 391 g/mol. The van der Waals surface area contributed by atoms with Crippen LogP contribution in [0, 0.1) is 0 Å². The minimum absolute atomic E-state index is 0.930. The van der Waals surface area contributed by atoms with Gasteiger partial charge in [0.2, 0.25) is 0 Å². The largest absolute Gasteiger partial charge is 0.317 e. The number of benzene rings is 1. The number of hydrogen-bond donors (Lipinski definition) is 1. The molecule has 3 nitrogen and oxygen atoms in total. The lowest BCUT2D eigenvalue weighted by atomic mass is 10.2. The molecule has 1 aromatic heterocycles. The molecule has 0 aliphatic carbocycles. The third-order valence-corrected chi connectivity index (χ3v) is 4.56. The van der Waals surface area contributed by atoms with Crippen molar-refractivity contribution < 1.29 is 0 Å². The molecule has 0 atom stereocenters. The number of nitrogens with one attached hydrogen (secondary N) is 1. The van der Waals surface area contributed by atoms with Crippen molar-refractivity contribution in [3.8, 4) is 10.6 Å². The first-order valence-electron chi connectivity index (χ1n) is 5.69. The Labute approximate surface area is 127 Å². The summed E-state index contributed by atoms with van der Waals surface area (Å²) >= 11 is 8.65. The fourth-order valence-corrected chi connectivity index (χ4v) is 3.74. The Kier molecular flexibility index (Phi) is 5.29. The summed E-state index contributed by atoms with van der Waals surface area (Å²) in [5, 5.41) is 13.8. The summed E-state index contributed by atoms with van der Waals surface area (Å²) in [7, 11) is 0. The van der Waals surface area contributed by atoms with Gasteiger partial charge in [0.05, 0.1) is 0 Å². The van der Waals surface area contributed by atoms with Crippen LogP contribution in [0.5, 0.6) is 0 Å². The van der Waals surface area contributed by atoms with Crippen LogP contribution < -0.4 is 5.32 Å². The van der Waals surface area contributed by atoms with Gasteiger partial charge in [-0.25, -0.2) is 0 Å². The van der Waals surface area contributed by atoms with Crippen molar-refractivity contribution in [2.75, 3.05) is 13.1 Å². The van der Waals surface area contributed by atoms with E-state index in [-0.39, 0.29) is 0 Å². The highest BCUT2D eigenvalue weighted by Gasteiger charge is 2.09. The highest BCUT2D eigenvalue weighted by Crippen LogP contribution is 2.32. The molecule has 2 rings (SSSR count). The molecule has 1 heterocycles. The summed E-state index contributed by atoms with van der Waals surface area (Å²) in [6.45, 7) is 4.04. The summed E-state index contributed by atoms with van der Waals surface area (Å²) in [6.07, 6.45) is 0.930. The number of likely N-dealkylation sites (N-methyl/N-ethyl adjacent to an activating group) is 1. The zero-order chi connectivity index (χ0) is 13.0. The Balaban J connectivity index is 2.13. The fraction of sp³-hybridized carbons (Fsp3) is 0.333. The van der Waals surface area contributed by atoms with Gasteiger partial charge >= 0.3 is 0 Å². The molecule has 0 amide bonds. The monoisotopic (exact) mass is 389 g/mol. The van der Waals surface area contributed by atoms with E-state index in [1.165, 1.54) is 0 Å². The predicted molar refractivity (Wildman–Crippen MR) is 83.0 cm³/mol. The van der Waals surface area contributed by atoms with Crippen molar-refractivity contribution in [2.45, 2.75) is 13.3 Å². The van der Waals surface area contributed by atoms with Crippen LogP contribution in [-0.4, -0.2) is 23.3 Å². The molecule has 1 N–H and O–H groups in total. The Morgan fingerprint density at radius 3 is 2.83 bits per heavy atom. The van der Waals surface area contributed by atoms with E-state index in [2.05, 4.69) is 54.3 Å². The molecule has 0 saturated heterocycles. The van der Waals surface area contributed by atoms with E-state index >= 15 is 0 Å². The van der Waals surface area contributed by atoms with Crippen LogP contribution in [-0.2, 0) is 6.42 Å². The standard InChI is InChI=1S/C12H13Br2N3S/c1-2-15-6-5-11-16-17-12(18-11)9-4-3-8(13)7-10(9)14/h3-4,7,15H,2,5-6H2,1H3. The molecular weight excluding hydrogens is 378 g/mol. The smallest absolute Gasteiger partial charge is 0.148 e. The summed E-state index contributed by atoms with van der Waals surface area (Å²) in [5.41, 5.74) is 1.09. The first-order valence-corrected chi connectivity index (χ1v) is 8.09. The van der Waals surface area contributed by atoms with Gasteiger partial charge in [-0.05, 0) is 24.7 Å². The van der Waals surface area contributed by atoms with E-state index in [4.69, 9.17) is 0 Å². The van der Waals surface area contributed by atoms with Gasteiger partial charge in [0.1, 0.15) is 10.0 Å². The molecule has 0 radical (unpaired) electrons. The maximum absolute atomic E-state index is 4.25. The van der Waals surface area contributed by atoms with Gasteiger partial charge < -0.3 is 5.32 Å². The van der Waals surface area contributed by atoms with Crippen molar-refractivity contribution in [2.24, 2.45) is 0 Å². The van der Waals surface area contributed by atoms with Crippen molar-refractivity contribution >= 4 is 43.2 Å². The normalized spacial score (nSPS) is 10.8. The second-order valence-corrected chi connectivity index (χ2v) is 6.56. The maximum Gasteiger partial charge on any atom is 0.148 e. The molecular formula is C12H13Br2N3S. The van der Waals surface area contributed by atoms with Crippen molar-refractivity contribution in [1.82, 2.24) is 15.5 Å². The topological polar surface area (TPSA) is 37.8 Å². The van der Waals surface area contributed by atoms with Crippen molar-refractivity contribution in [3.63, 3.8) is 0 Å². The van der Waals surface area contributed by atoms with Crippen LogP contribution in [0.4, 0.5) is 0 Å². The molecule has 6 heteroatoms. The van der Waals surface area contributed by atoms with Crippen LogP contribution in [0.2, 0.25) is 0 Å². The second kappa shape index (κ2) is 6.75. The average Bonchev–Trinajstić information content (AvgIpc) is 2.78. The molecule has 0 fully saturated rings. The molecule has 0 saturated carbocycles. The molecule has 18 heavy (non-hydrogen) atoms. The summed E-state index contributed by atoms with van der Waals surface area (Å²) in [4.78, 5) is 0. The van der Waals surface area contributed by atoms with E-state index in [9.17, 15) is 0 Å². The van der Waals surface area contributed by atoms with Gasteiger partial charge in [0.15, 0.2) is 0 Å². The predicted octanol–water partition coefficient (Wildman–Crippen LogP) is 3.88. The first kappa shape index (κ1) is 14.1. The van der Waals surface area contributed by atoms with Crippen molar-refractivity contribution in [1.29, 1.82) is 0 Å². The second-order valence-electron chi connectivity index (χ2n) is 3.73. The fourth-order valence-electron chi connectivity index (χ4n) is 1.50. The van der Waals surface area contributed by atoms with Gasteiger partial charge in [-0.1, -0.05) is 50.1 Å². The Morgan fingerprint density at radius 1 is 1.28 bits per heavy atom. The molecule has 96 valence electrons. The minimum atomic E-state index is 0.930. The number of halogens is 2. The van der Waals surface area contributed by atoms with E-state index < -0.39 is 0 Å². The van der Waals surface area contributed by atoms with Gasteiger partial charge in [-0.15, -0.1) is 10.2 Å². The number of nitrogens with zero attached hydrogens (tertiary/aromatic N) is 2. The highest BCUT2D eigenvalue weighted by atomic mass is 79.9. The van der Waals surface area contributed by atoms with E-state index in [1.807, 2.05) is 18.2 Å². The highest BCUT2D eigenvalue weighted by molar-refractivity contribution is 9.11. The number of rotatable bonds is 5.